The second-order valence-corrected chi connectivity index (χ2v) is 4.41. The normalized spacial score (nSPS) is 19.1. The minimum Gasteiger partial charge on any atom is -0.341 e. The fourth-order valence-corrected chi connectivity index (χ4v) is 2.36. The van der Waals surface area contributed by atoms with Crippen molar-refractivity contribution in [3.8, 4) is 0 Å². The molecule has 0 amide bonds. The summed E-state index contributed by atoms with van der Waals surface area (Å²) in [4.78, 5) is 11.3. The highest BCUT2D eigenvalue weighted by molar-refractivity contribution is 5.17. The third kappa shape index (κ3) is 1.28. The summed E-state index contributed by atoms with van der Waals surface area (Å²) in [5.74, 6) is 0. The topological polar surface area (TPSA) is 34.0 Å². The van der Waals surface area contributed by atoms with Crippen molar-refractivity contribution in [2.24, 2.45) is 0 Å². The average molecular weight is 192 g/mol. The zero-order valence-electron chi connectivity index (χ0n) is 8.92. The van der Waals surface area contributed by atoms with Gasteiger partial charge >= 0.3 is 0 Å². The molecule has 0 aliphatic carbocycles. The van der Waals surface area contributed by atoms with E-state index in [1.165, 1.54) is 0 Å². The standard InChI is InChI=1S/C11H16N2O/c1-8-4-10(14)5-9(2)13(8)11(3)6-12-7-11/h4-5,12H,6-7H2,1-3H3. The van der Waals surface area contributed by atoms with Crippen molar-refractivity contribution in [2.75, 3.05) is 13.1 Å². The smallest absolute Gasteiger partial charge is 0.182 e. The second-order valence-electron chi connectivity index (χ2n) is 4.41. The van der Waals surface area contributed by atoms with Gasteiger partial charge in [-0.2, -0.15) is 0 Å². The Hall–Kier alpha value is -1.09. The molecule has 0 spiro atoms. The minimum absolute atomic E-state index is 0.104. The molecule has 3 heteroatoms. The Bertz CT molecular complexity index is 390. The van der Waals surface area contributed by atoms with Crippen LogP contribution in [0.3, 0.4) is 0 Å². The Balaban J connectivity index is 2.57. The number of pyridine rings is 1. The molecule has 1 aromatic rings. The summed E-state index contributed by atoms with van der Waals surface area (Å²) in [7, 11) is 0. The number of hydrogen-bond donors (Lipinski definition) is 1. The molecule has 0 saturated carbocycles. The summed E-state index contributed by atoms with van der Waals surface area (Å²) in [6.07, 6.45) is 0. The first-order chi connectivity index (χ1) is 6.53. The molecule has 2 rings (SSSR count). The van der Waals surface area contributed by atoms with Crippen molar-refractivity contribution < 1.29 is 0 Å². The largest absolute Gasteiger partial charge is 0.341 e. The summed E-state index contributed by atoms with van der Waals surface area (Å²) in [6.45, 7) is 8.18. The number of aromatic nitrogens is 1. The van der Waals surface area contributed by atoms with Crippen molar-refractivity contribution in [2.45, 2.75) is 26.3 Å². The van der Waals surface area contributed by atoms with E-state index in [1.807, 2.05) is 13.8 Å². The zero-order valence-corrected chi connectivity index (χ0v) is 8.92. The van der Waals surface area contributed by atoms with Crippen LogP contribution < -0.4 is 10.7 Å². The first kappa shape index (κ1) is 9.46. The zero-order chi connectivity index (χ0) is 10.3. The maximum absolute atomic E-state index is 11.3. The van der Waals surface area contributed by atoms with Gasteiger partial charge in [-0.15, -0.1) is 0 Å². The Kier molecular flexibility index (Phi) is 2.00. The average Bonchev–Trinajstić information content (AvgIpc) is 1.99. The summed E-state index contributed by atoms with van der Waals surface area (Å²) in [6, 6.07) is 3.41. The van der Waals surface area contributed by atoms with Crippen LogP contribution in [0.25, 0.3) is 0 Å². The van der Waals surface area contributed by atoms with Gasteiger partial charge in [-0.1, -0.05) is 0 Å². The van der Waals surface area contributed by atoms with Gasteiger partial charge in [-0.05, 0) is 20.8 Å². The van der Waals surface area contributed by atoms with Gasteiger partial charge in [0.15, 0.2) is 5.43 Å². The molecule has 1 N–H and O–H groups in total. The van der Waals surface area contributed by atoms with Crippen LogP contribution >= 0.6 is 0 Å². The van der Waals surface area contributed by atoms with Gasteiger partial charge in [0.1, 0.15) is 0 Å². The number of nitrogens with one attached hydrogen (secondary N) is 1. The van der Waals surface area contributed by atoms with Gasteiger partial charge in [-0.25, -0.2) is 0 Å². The molecule has 1 aromatic heterocycles. The van der Waals surface area contributed by atoms with Crippen LogP contribution in [0.4, 0.5) is 0 Å². The highest BCUT2D eigenvalue weighted by Gasteiger charge is 2.34. The molecule has 1 aliphatic rings. The summed E-state index contributed by atoms with van der Waals surface area (Å²) < 4.78 is 2.25. The van der Waals surface area contributed by atoms with Crippen LogP contribution in [-0.2, 0) is 5.54 Å². The van der Waals surface area contributed by atoms with E-state index < -0.39 is 0 Å². The van der Waals surface area contributed by atoms with Crippen LogP contribution in [-0.4, -0.2) is 17.7 Å². The van der Waals surface area contributed by atoms with Crippen LogP contribution in [0.5, 0.6) is 0 Å². The molecule has 76 valence electrons. The lowest BCUT2D eigenvalue weighted by Gasteiger charge is -2.43. The first-order valence-electron chi connectivity index (χ1n) is 4.94. The fraction of sp³-hybridized carbons (Fsp3) is 0.545. The lowest BCUT2D eigenvalue weighted by atomic mass is 9.93. The van der Waals surface area contributed by atoms with Crippen molar-refractivity contribution >= 4 is 0 Å². The molecule has 0 atom stereocenters. The summed E-state index contributed by atoms with van der Waals surface area (Å²) in [5.41, 5.74) is 2.37. The van der Waals surface area contributed by atoms with Gasteiger partial charge in [0.25, 0.3) is 0 Å². The maximum Gasteiger partial charge on any atom is 0.182 e. The Labute approximate surface area is 83.8 Å². The lowest BCUT2D eigenvalue weighted by Crippen LogP contribution is -2.59. The van der Waals surface area contributed by atoms with E-state index in [1.54, 1.807) is 12.1 Å². The Morgan fingerprint density at radius 2 is 1.79 bits per heavy atom. The van der Waals surface area contributed by atoms with Crippen molar-refractivity contribution in [1.29, 1.82) is 0 Å². The van der Waals surface area contributed by atoms with Crippen LogP contribution in [0.15, 0.2) is 16.9 Å². The van der Waals surface area contributed by atoms with Gasteiger partial charge in [0.2, 0.25) is 0 Å². The van der Waals surface area contributed by atoms with E-state index in [4.69, 9.17) is 0 Å². The van der Waals surface area contributed by atoms with Crippen LogP contribution in [0.1, 0.15) is 18.3 Å². The van der Waals surface area contributed by atoms with Gasteiger partial charge in [0, 0.05) is 36.6 Å². The predicted molar refractivity (Wildman–Crippen MR) is 56.7 cm³/mol. The first-order valence-corrected chi connectivity index (χ1v) is 4.94. The molecule has 1 fully saturated rings. The SMILES string of the molecule is Cc1cc(=O)cc(C)n1C1(C)CNC1. The van der Waals surface area contributed by atoms with E-state index in [0.717, 1.165) is 24.5 Å². The highest BCUT2D eigenvalue weighted by atomic mass is 16.1. The van der Waals surface area contributed by atoms with E-state index >= 15 is 0 Å². The lowest BCUT2D eigenvalue weighted by molar-refractivity contribution is 0.192. The second kappa shape index (κ2) is 2.95. The molecule has 3 nitrogen and oxygen atoms in total. The van der Waals surface area contributed by atoms with Gasteiger partial charge in [0.05, 0.1) is 5.54 Å². The molecule has 1 saturated heterocycles. The molecule has 0 radical (unpaired) electrons. The Morgan fingerprint density at radius 3 is 2.14 bits per heavy atom. The van der Waals surface area contributed by atoms with Crippen molar-refractivity contribution in [3.63, 3.8) is 0 Å². The van der Waals surface area contributed by atoms with Crippen molar-refractivity contribution in [1.82, 2.24) is 9.88 Å². The molecule has 2 heterocycles. The Morgan fingerprint density at radius 1 is 1.29 bits per heavy atom. The van der Waals surface area contributed by atoms with E-state index in [-0.39, 0.29) is 11.0 Å². The highest BCUT2D eigenvalue weighted by Crippen LogP contribution is 2.23. The van der Waals surface area contributed by atoms with Gasteiger partial charge < -0.3 is 9.88 Å². The van der Waals surface area contributed by atoms with E-state index in [2.05, 4.69) is 16.8 Å². The fourth-order valence-electron chi connectivity index (χ4n) is 2.36. The van der Waals surface area contributed by atoms with Crippen LogP contribution in [0, 0.1) is 13.8 Å². The molecular formula is C11H16N2O. The van der Waals surface area contributed by atoms with E-state index in [0.29, 0.717) is 0 Å². The number of aryl methyl sites for hydroxylation is 2. The van der Waals surface area contributed by atoms with Crippen molar-refractivity contribution in [3.05, 3.63) is 33.7 Å². The third-order valence-corrected chi connectivity index (χ3v) is 2.96. The molecule has 0 bridgehead atoms. The quantitative estimate of drug-likeness (QED) is 0.713. The summed E-state index contributed by atoms with van der Waals surface area (Å²) >= 11 is 0. The van der Waals surface area contributed by atoms with E-state index in [9.17, 15) is 4.79 Å². The third-order valence-electron chi connectivity index (χ3n) is 2.96. The number of hydrogen-bond acceptors (Lipinski definition) is 2. The minimum atomic E-state index is 0.104. The predicted octanol–water partition coefficient (Wildman–Crippen LogP) is 0.784. The molecule has 0 unspecified atom stereocenters. The molecule has 0 aromatic carbocycles. The van der Waals surface area contributed by atoms with Crippen LogP contribution in [0.2, 0.25) is 0 Å². The monoisotopic (exact) mass is 192 g/mol. The molecular weight excluding hydrogens is 176 g/mol. The summed E-state index contributed by atoms with van der Waals surface area (Å²) in [5, 5.41) is 3.27. The molecule has 1 aliphatic heterocycles. The number of nitrogens with zero attached hydrogens (tertiary/aromatic N) is 1. The number of rotatable bonds is 1. The van der Waals surface area contributed by atoms with Gasteiger partial charge in [-0.3, -0.25) is 4.79 Å². The molecule has 14 heavy (non-hydrogen) atoms. The maximum atomic E-state index is 11.3.